The first-order chi connectivity index (χ1) is 6.07. The van der Waals surface area contributed by atoms with E-state index in [2.05, 4.69) is 0 Å². The highest BCUT2D eigenvalue weighted by Gasteiger charge is 2.18. The van der Waals surface area contributed by atoms with Gasteiger partial charge in [-0.2, -0.15) is 0 Å². The van der Waals surface area contributed by atoms with E-state index >= 15 is 0 Å². The molecule has 1 N–H and O–H groups in total. The van der Waals surface area contributed by atoms with Gasteiger partial charge in [0.25, 0.3) is 5.69 Å². The van der Waals surface area contributed by atoms with Crippen molar-refractivity contribution in [3.05, 3.63) is 38.4 Å². The summed E-state index contributed by atoms with van der Waals surface area (Å²) in [5.41, 5.74) is 0.570. The fraction of sp³-hybridized carbons (Fsp3) is 0.250. The van der Waals surface area contributed by atoms with Gasteiger partial charge in [-0.05, 0) is 19.1 Å². The van der Waals surface area contributed by atoms with Gasteiger partial charge in [0.2, 0.25) is 0 Å². The lowest BCUT2D eigenvalue weighted by Gasteiger charge is -2.03. The SMILES string of the molecule is Cc1c(Cl)ccc(CO)c1[N+](=O)[O-]. The lowest BCUT2D eigenvalue weighted by molar-refractivity contribution is -0.386. The highest BCUT2D eigenvalue weighted by Crippen LogP contribution is 2.29. The monoisotopic (exact) mass is 201 g/mol. The minimum absolute atomic E-state index is 0.102. The van der Waals surface area contributed by atoms with Crippen LogP contribution >= 0.6 is 11.6 Å². The van der Waals surface area contributed by atoms with Gasteiger partial charge in [0.15, 0.2) is 0 Å². The molecule has 0 radical (unpaired) electrons. The van der Waals surface area contributed by atoms with Gasteiger partial charge in [-0.1, -0.05) is 11.6 Å². The fourth-order valence-electron chi connectivity index (χ4n) is 1.11. The maximum atomic E-state index is 10.6. The molecule has 0 bridgehead atoms. The zero-order chi connectivity index (χ0) is 10.0. The third kappa shape index (κ3) is 1.79. The van der Waals surface area contributed by atoms with Crippen molar-refractivity contribution >= 4 is 17.3 Å². The van der Waals surface area contributed by atoms with Gasteiger partial charge >= 0.3 is 0 Å². The van der Waals surface area contributed by atoms with E-state index in [1.807, 2.05) is 0 Å². The number of aliphatic hydroxyl groups is 1. The third-order valence-electron chi connectivity index (χ3n) is 1.80. The Bertz CT molecular complexity index is 351. The Morgan fingerprint density at radius 1 is 1.62 bits per heavy atom. The second kappa shape index (κ2) is 3.72. The van der Waals surface area contributed by atoms with Crippen LogP contribution in [0.2, 0.25) is 5.02 Å². The van der Waals surface area contributed by atoms with E-state index in [4.69, 9.17) is 16.7 Å². The second-order valence-electron chi connectivity index (χ2n) is 2.60. The molecule has 0 atom stereocenters. The number of rotatable bonds is 2. The molecule has 0 aliphatic rings. The maximum absolute atomic E-state index is 10.6. The average molecular weight is 202 g/mol. The standard InChI is InChI=1S/C8H8ClNO3/c1-5-7(9)3-2-6(4-11)8(5)10(12)13/h2-3,11H,4H2,1H3. The topological polar surface area (TPSA) is 63.4 Å². The van der Waals surface area contributed by atoms with Crippen LogP contribution < -0.4 is 0 Å². The summed E-state index contributed by atoms with van der Waals surface area (Å²) in [6.07, 6.45) is 0. The number of aliphatic hydroxyl groups excluding tert-OH is 1. The normalized spacial score (nSPS) is 10.1. The summed E-state index contributed by atoms with van der Waals surface area (Å²) in [6.45, 7) is 1.20. The summed E-state index contributed by atoms with van der Waals surface area (Å²) in [7, 11) is 0. The maximum Gasteiger partial charge on any atom is 0.279 e. The Balaban J connectivity index is 3.41. The van der Waals surface area contributed by atoms with Crippen molar-refractivity contribution in [2.45, 2.75) is 13.5 Å². The van der Waals surface area contributed by atoms with Crippen molar-refractivity contribution in [3.8, 4) is 0 Å². The van der Waals surface area contributed by atoms with Gasteiger partial charge < -0.3 is 5.11 Å². The average Bonchev–Trinajstić information content (AvgIpc) is 2.08. The molecule has 0 amide bonds. The van der Waals surface area contributed by atoms with Gasteiger partial charge in [0, 0.05) is 5.56 Å². The van der Waals surface area contributed by atoms with E-state index in [9.17, 15) is 10.1 Å². The van der Waals surface area contributed by atoms with E-state index in [0.29, 0.717) is 10.6 Å². The lowest BCUT2D eigenvalue weighted by Crippen LogP contribution is -1.98. The van der Waals surface area contributed by atoms with Crippen molar-refractivity contribution < 1.29 is 10.0 Å². The van der Waals surface area contributed by atoms with Crippen molar-refractivity contribution in [3.63, 3.8) is 0 Å². The van der Waals surface area contributed by atoms with Crippen LogP contribution in [0.1, 0.15) is 11.1 Å². The smallest absolute Gasteiger partial charge is 0.279 e. The summed E-state index contributed by atoms with van der Waals surface area (Å²) < 4.78 is 0. The Labute approximate surface area is 79.9 Å². The fourth-order valence-corrected chi connectivity index (χ4v) is 1.27. The van der Waals surface area contributed by atoms with Gasteiger partial charge in [0.05, 0.1) is 22.1 Å². The van der Waals surface area contributed by atoms with Crippen molar-refractivity contribution in [1.82, 2.24) is 0 Å². The Hall–Kier alpha value is -1.13. The van der Waals surface area contributed by atoms with Crippen LogP contribution in [-0.2, 0) is 6.61 Å². The molecule has 0 heterocycles. The molecule has 1 aromatic carbocycles. The quantitative estimate of drug-likeness (QED) is 0.588. The van der Waals surface area contributed by atoms with Crippen LogP contribution in [0.15, 0.2) is 12.1 Å². The summed E-state index contributed by atoms with van der Waals surface area (Å²) in [5, 5.41) is 19.8. The molecule has 0 aliphatic heterocycles. The first kappa shape index (κ1) is 9.95. The number of nitrogens with zero attached hydrogens (tertiary/aromatic N) is 1. The summed E-state index contributed by atoms with van der Waals surface area (Å²) in [5.74, 6) is 0. The number of hydrogen-bond acceptors (Lipinski definition) is 3. The molecule has 0 aromatic heterocycles. The summed E-state index contributed by atoms with van der Waals surface area (Å²) in [6, 6.07) is 2.99. The third-order valence-corrected chi connectivity index (χ3v) is 2.21. The van der Waals surface area contributed by atoms with Gasteiger partial charge in [-0.25, -0.2) is 0 Å². The van der Waals surface area contributed by atoms with Crippen LogP contribution in [0.25, 0.3) is 0 Å². The molecule has 13 heavy (non-hydrogen) atoms. The Morgan fingerprint density at radius 3 is 2.69 bits per heavy atom. The molecular weight excluding hydrogens is 194 g/mol. The Kier molecular flexibility index (Phi) is 2.85. The first-order valence-corrected chi connectivity index (χ1v) is 3.99. The highest BCUT2D eigenvalue weighted by molar-refractivity contribution is 6.31. The molecule has 1 aromatic rings. The van der Waals surface area contributed by atoms with Crippen LogP contribution in [0, 0.1) is 17.0 Å². The Morgan fingerprint density at radius 2 is 2.23 bits per heavy atom. The zero-order valence-electron chi connectivity index (χ0n) is 6.95. The van der Waals surface area contributed by atoms with Gasteiger partial charge in [-0.3, -0.25) is 10.1 Å². The molecule has 0 aliphatic carbocycles. The number of hydrogen-bond donors (Lipinski definition) is 1. The van der Waals surface area contributed by atoms with Crippen molar-refractivity contribution in [2.24, 2.45) is 0 Å². The lowest BCUT2D eigenvalue weighted by atomic mass is 10.1. The number of nitro groups is 1. The molecule has 0 fully saturated rings. The van der Waals surface area contributed by atoms with Crippen LogP contribution in [0.3, 0.4) is 0 Å². The molecule has 70 valence electrons. The van der Waals surface area contributed by atoms with Crippen molar-refractivity contribution in [1.29, 1.82) is 0 Å². The molecule has 1 rings (SSSR count). The number of halogens is 1. The van der Waals surface area contributed by atoms with E-state index in [0.717, 1.165) is 0 Å². The zero-order valence-corrected chi connectivity index (χ0v) is 7.71. The minimum Gasteiger partial charge on any atom is -0.391 e. The number of nitro benzene ring substituents is 1. The van der Waals surface area contributed by atoms with Gasteiger partial charge in [0.1, 0.15) is 0 Å². The summed E-state index contributed by atoms with van der Waals surface area (Å²) in [4.78, 5) is 10.1. The first-order valence-electron chi connectivity index (χ1n) is 3.61. The molecule has 5 heteroatoms. The van der Waals surface area contributed by atoms with E-state index in [-0.39, 0.29) is 17.9 Å². The van der Waals surface area contributed by atoms with Crippen molar-refractivity contribution in [2.75, 3.05) is 0 Å². The molecular formula is C8H8ClNO3. The van der Waals surface area contributed by atoms with Crippen LogP contribution in [0.4, 0.5) is 5.69 Å². The van der Waals surface area contributed by atoms with E-state index < -0.39 is 4.92 Å². The van der Waals surface area contributed by atoms with Gasteiger partial charge in [-0.15, -0.1) is 0 Å². The summed E-state index contributed by atoms with van der Waals surface area (Å²) >= 11 is 5.70. The largest absolute Gasteiger partial charge is 0.391 e. The predicted molar refractivity (Wildman–Crippen MR) is 48.8 cm³/mol. The molecule has 0 spiro atoms. The van der Waals surface area contributed by atoms with Crippen LogP contribution in [0.5, 0.6) is 0 Å². The molecule has 0 unspecified atom stereocenters. The predicted octanol–water partition coefficient (Wildman–Crippen LogP) is 2.05. The minimum atomic E-state index is -0.535. The van der Waals surface area contributed by atoms with Crippen LogP contribution in [-0.4, -0.2) is 10.0 Å². The molecule has 0 saturated heterocycles. The highest BCUT2D eigenvalue weighted by atomic mass is 35.5. The number of benzene rings is 1. The molecule has 4 nitrogen and oxygen atoms in total. The second-order valence-corrected chi connectivity index (χ2v) is 3.00. The van der Waals surface area contributed by atoms with E-state index in [1.165, 1.54) is 12.1 Å². The van der Waals surface area contributed by atoms with E-state index in [1.54, 1.807) is 6.92 Å². The molecule has 0 saturated carbocycles.